The Bertz CT molecular complexity index is 775. The maximum atomic E-state index is 14.5. The lowest BCUT2D eigenvalue weighted by Gasteiger charge is -2.33. The molecule has 1 aromatic heterocycles. The smallest absolute Gasteiger partial charge is 0.257 e. The first-order valence-corrected chi connectivity index (χ1v) is 9.16. The molecule has 1 atom stereocenters. The van der Waals surface area contributed by atoms with E-state index in [4.69, 9.17) is 0 Å². The molecule has 1 aromatic carbocycles. The summed E-state index contributed by atoms with van der Waals surface area (Å²) >= 11 is 0. The van der Waals surface area contributed by atoms with E-state index in [0.29, 0.717) is 17.6 Å². The quantitative estimate of drug-likeness (QED) is 0.861. The predicted octanol–water partition coefficient (Wildman–Crippen LogP) is 2.86. The Kier molecular flexibility index (Phi) is 4.61. The van der Waals surface area contributed by atoms with Gasteiger partial charge in [-0.2, -0.15) is 0 Å². The molecule has 0 radical (unpaired) electrons. The van der Waals surface area contributed by atoms with Gasteiger partial charge in [-0.25, -0.2) is 4.39 Å². The van der Waals surface area contributed by atoms with Gasteiger partial charge in [-0.15, -0.1) is 0 Å². The molecule has 5 nitrogen and oxygen atoms in total. The number of carbonyl (C=O) groups is 1. The molecule has 4 rings (SSSR count). The van der Waals surface area contributed by atoms with E-state index in [1.54, 1.807) is 6.20 Å². The Morgan fingerprint density at radius 2 is 1.76 bits per heavy atom. The lowest BCUT2D eigenvalue weighted by molar-refractivity contribution is 0.0686. The van der Waals surface area contributed by atoms with Crippen molar-refractivity contribution in [3.05, 3.63) is 35.9 Å². The molecule has 0 saturated carbocycles. The number of fused-ring (bicyclic) bond motifs is 1. The molecular formula is C19H23FN4O. The minimum atomic E-state index is -0.512. The Morgan fingerprint density at radius 1 is 1.04 bits per heavy atom. The minimum Gasteiger partial charge on any atom is -0.334 e. The fourth-order valence-electron chi connectivity index (χ4n) is 4.04. The van der Waals surface area contributed by atoms with E-state index >= 15 is 0 Å². The highest BCUT2D eigenvalue weighted by molar-refractivity contribution is 5.97. The summed E-state index contributed by atoms with van der Waals surface area (Å²) in [6.07, 6.45) is 8.84. The second-order valence-corrected chi connectivity index (χ2v) is 7.03. The van der Waals surface area contributed by atoms with Crippen molar-refractivity contribution in [2.75, 3.05) is 26.2 Å². The van der Waals surface area contributed by atoms with E-state index in [0.717, 1.165) is 32.5 Å². The monoisotopic (exact) mass is 342 g/mol. The van der Waals surface area contributed by atoms with Crippen LogP contribution in [0.25, 0.3) is 11.0 Å². The number of aromatic nitrogens is 2. The zero-order chi connectivity index (χ0) is 17.2. The molecule has 0 spiro atoms. The Balaban J connectivity index is 1.55. The molecule has 132 valence electrons. The van der Waals surface area contributed by atoms with Crippen molar-refractivity contribution in [1.29, 1.82) is 0 Å². The third-order valence-corrected chi connectivity index (χ3v) is 5.34. The predicted molar refractivity (Wildman–Crippen MR) is 93.8 cm³/mol. The standard InChI is InChI=1S/C19H23FN4O/c20-16-12-18-17(21-6-7-22-18)11-15(16)19(25)24-10-4-5-14(24)13-23-8-2-1-3-9-23/h6-7,11-12,14H,1-5,8-10,13H2/t14-/m1/s1. The van der Waals surface area contributed by atoms with Gasteiger partial charge in [0.25, 0.3) is 5.91 Å². The number of carbonyl (C=O) groups excluding carboxylic acids is 1. The van der Waals surface area contributed by atoms with Crippen LogP contribution in [0.3, 0.4) is 0 Å². The van der Waals surface area contributed by atoms with Crippen LogP contribution in [0.4, 0.5) is 4.39 Å². The van der Waals surface area contributed by atoms with E-state index in [9.17, 15) is 9.18 Å². The lowest BCUT2D eigenvalue weighted by atomic mass is 10.1. The molecular weight excluding hydrogens is 319 g/mol. The van der Waals surface area contributed by atoms with E-state index in [2.05, 4.69) is 14.9 Å². The largest absolute Gasteiger partial charge is 0.334 e. The second kappa shape index (κ2) is 7.04. The molecule has 2 aromatic rings. The van der Waals surface area contributed by atoms with Crippen molar-refractivity contribution in [3.8, 4) is 0 Å². The number of likely N-dealkylation sites (tertiary alicyclic amines) is 2. The van der Waals surface area contributed by atoms with Crippen LogP contribution in [0.2, 0.25) is 0 Å². The highest BCUT2D eigenvalue weighted by Gasteiger charge is 2.32. The van der Waals surface area contributed by atoms with Crippen molar-refractivity contribution < 1.29 is 9.18 Å². The summed E-state index contributed by atoms with van der Waals surface area (Å²) in [5, 5.41) is 0. The molecule has 25 heavy (non-hydrogen) atoms. The summed E-state index contributed by atoms with van der Waals surface area (Å²) in [6.45, 7) is 3.83. The fourth-order valence-corrected chi connectivity index (χ4v) is 4.04. The van der Waals surface area contributed by atoms with E-state index in [1.165, 1.54) is 37.6 Å². The first-order valence-electron chi connectivity index (χ1n) is 9.16. The minimum absolute atomic E-state index is 0.110. The molecule has 0 unspecified atom stereocenters. The summed E-state index contributed by atoms with van der Waals surface area (Å²) in [4.78, 5) is 25.6. The van der Waals surface area contributed by atoms with Gasteiger partial charge in [0.15, 0.2) is 0 Å². The van der Waals surface area contributed by atoms with E-state index < -0.39 is 5.82 Å². The Hall–Kier alpha value is -2.08. The maximum Gasteiger partial charge on any atom is 0.257 e. The highest BCUT2D eigenvalue weighted by Crippen LogP contribution is 2.24. The van der Waals surface area contributed by atoms with Crippen LogP contribution < -0.4 is 0 Å². The van der Waals surface area contributed by atoms with Gasteiger partial charge in [0, 0.05) is 37.6 Å². The number of halogens is 1. The van der Waals surface area contributed by atoms with Crippen LogP contribution in [0, 0.1) is 5.82 Å². The van der Waals surface area contributed by atoms with E-state index in [-0.39, 0.29) is 17.5 Å². The average Bonchev–Trinajstić information content (AvgIpc) is 3.09. The van der Waals surface area contributed by atoms with Gasteiger partial charge in [-0.05, 0) is 44.8 Å². The van der Waals surface area contributed by atoms with Crippen molar-refractivity contribution >= 4 is 16.9 Å². The van der Waals surface area contributed by atoms with Crippen LogP contribution in [-0.2, 0) is 0 Å². The van der Waals surface area contributed by atoms with Crippen LogP contribution in [0.1, 0.15) is 42.5 Å². The second-order valence-electron chi connectivity index (χ2n) is 7.03. The SMILES string of the molecule is O=C(c1cc2nccnc2cc1F)N1CCC[C@@H]1CN1CCCCC1. The maximum absolute atomic E-state index is 14.5. The molecule has 2 fully saturated rings. The summed E-state index contributed by atoms with van der Waals surface area (Å²) < 4.78 is 14.5. The van der Waals surface area contributed by atoms with Gasteiger partial charge in [-0.1, -0.05) is 6.42 Å². The molecule has 6 heteroatoms. The zero-order valence-electron chi connectivity index (χ0n) is 14.3. The van der Waals surface area contributed by atoms with E-state index in [1.807, 2.05) is 4.90 Å². The third-order valence-electron chi connectivity index (χ3n) is 5.34. The van der Waals surface area contributed by atoms with Crippen LogP contribution in [0.5, 0.6) is 0 Å². The topological polar surface area (TPSA) is 49.3 Å². The zero-order valence-corrected chi connectivity index (χ0v) is 14.3. The van der Waals surface area contributed by atoms with Gasteiger partial charge in [0.2, 0.25) is 0 Å². The van der Waals surface area contributed by atoms with Crippen LogP contribution in [0.15, 0.2) is 24.5 Å². The van der Waals surface area contributed by atoms with Crippen LogP contribution in [-0.4, -0.2) is 57.9 Å². The summed E-state index contributed by atoms with van der Waals surface area (Å²) in [6, 6.07) is 3.03. The molecule has 0 bridgehead atoms. The average molecular weight is 342 g/mol. The number of benzene rings is 1. The highest BCUT2D eigenvalue weighted by atomic mass is 19.1. The summed E-state index contributed by atoms with van der Waals surface area (Å²) in [7, 11) is 0. The normalized spacial score (nSPS) is 21.8. The molecule has 3 heterocycles. The van der Waals surface area contributed by atoms with Crippen molar-refractivity contribution in [2.24, 2.45) is 0 Å². The Labute approximate surface area is 146 Å². The summed E-state index contributed by atoms with van der Waals surface area (Å²) in [5.41, 5.74) is 1.14. The molecule has 0 N–H and O–H groups in total. The van der Waals surface area contributed by atoms with Gasteiger partial charge in [-0.3, -0.25) is 14.8 Å². The number of nitrogens with zero attached hydrogens (tertiary/aromatic N) is 4. The van der Waals surface area contributed by atoms with Crippen molar-refractivity contribution in [1.82, 2.24) is 19.8 Å². The molecule has 2 aliphatic rings. The van der Waals surface area contributed by atoms with Gasteiger partial charge in [0.1, 0.15) is 5.82 Å². The fraction of sp³-hybridized carbons (Fsp3) is 0.526. The molecule has 2 saturated heterocycles. The number of hydrogen-bond acceptors (Lipinski definition) is 4. The molecule has 1 amide bonds. The van der Waals surface area contributed by atoms with Crippen molar-refractivity contribution in [3.63, 3.8) is 0 Å². The Morgan fingerprint density at radius 3 is 2.52 bits per heavy atom. The first-order chi connectivity index (χ1) is 12.2. The molecule has 2 aliphatic heterocycles. The van der Waals surface area contributed by atoms with Gasteiger partial charge < -0.3 is 9.80 Å². The van der Waals surface area contributed by atoms with Gasteiger partial charge >= 0.3 is 0 Å². The summed E-state index contributed by atoms with van der Waals surface area (Å²) in [5.74, 6) is -0.730. The lowest BCUT2D eigenvalue weighted by Crippen LogP contribution is -2.44. The first kappa shape index (κ1) is 16.4. The molecule has 0 aliphatic carbocycles. The van der Waals surface area contributed by atoms with Crippen LogP contribution >= 0.6 is 0 Å². The number of rotatable bonds is 3. The number of amides is 1. The third kappa shape index (κ3) is 3.35. The number of hydrogen-bond donors (Lipinski definition) is 0. The number of piperidine rings is 1. The van der Waals surface area contributed by atoms with Gasteiger partial charge in [0.05, 0.1) is 16.6 Å². The van der Waals surface area contributed by atoms with Crippen molar-refractivity contribution in [2.45, 2.75) is 38.1 Å².